The molecule has 1 saturated heterocycles. The lowest BCUT2D eigenvalue weighted by atomic mass is 10.0. The summed E-state index contributed by atoms with van der Waals surface area (Å²) in [6, 6.07) is 30.1. The van der Waals surface area contributed by atoms with E-state index in [-0.39, 0.29) is 24.8 Å². The second-order valence-electron chi connectivity index (χ2n) is 9.69. The minimum Gasteiger partial charge on any atom is -0.497 e. The summed E-state index contributed by atoms with van der Waals surface area (Å²) in [5.41, 5.74) is 3.29. The van der Waals surface area contributed by atoms with Crippen LogP contribution in [0.5, 0.6) is 5.75 Å². The van der Waals surface area contributed by atoms with Gasteiger partial charge in [-0.1, -0.05) is 64.5 Å². The third kappa shape index (κ3) is 6.47. The van der Waals surface area contributed by atoms with Crippen LogP contribution in [-0.2, 0) is 6.54 Å². The summed E-state index contributed by atoms with van der Waals surface area (Å²) in [4.78, 5) is 2.55. The number of halogens is 3. The number of fused-ring (bicyclic) bond motifs is 2. The van der Waals surface area contributed by atoms with Crippen LogP contribution in [-0.4, -0.2) is 41.3 Å². The van der Waals surface area contributed by atoms with E-state index in [0.717, 1.165) is 70.5 Å². The molecule has 8 heteroatoms. The summed E-state index contributed by atoms with van der Waals surface area (Å²) in [5.74, 6) is 1.64. The third-order valence-corrected chi connectivity index (χ3v) is 7.78. The van der Waals surface area contributed by atoms with Crippen molar-refractivity contribution in [2.24, 2.45) is 0 Å². The van der Waals surface area contributed by atoms with Gasteiger partial charge in [-0.3, -0.25) is 4.90 Å². The normalized spacial score (nSPS) is 14.0. The molecule has 4 aromatic carbocycles. The van der Waals surface area contributed by atoms with Crippen LogP contribution in [0.1, 0.15) is 18.4 Å². The van der Waals surface area contributed by atoms with Crippen molar-refractivity contribution in [2.45, 2.75) is 25.4 Å². The number of benzene rings is 4. The molecule has 39 heavy (non-hydrogen) atoms. The molecule has 0 radical (unpaired) electrons. The van der Waals surface area contributed by atoms with Crippen LogP contribution >= 0.6 is 40.7 Å². The zero-order valence-electron chi connectivity index (χ0n) is 21.6. The zero-order chi connectivity index (χ0) is 25.2. The van der Waals surface area contributed by atoms with Gasteiger partial charge in [-0.25, -0.2) is 0 Å². The zero-order valence-corrected chi connectivity index (χ0v) is 24.9. The van der Waals surface area contributed by atoms with E-state index in [1.165, 1.54) is 16.3 Å². The molecule has 0 saturated carbocycles. The van der Waals surface area contributed by atoms with Crippen molar-refractivity contribution in [1.82, 2.24) is 15.1 Å². The number of likely N-dealkylation sites (tertiary alicyclic amines) is 1. The lowest BCUT2D eigenvalue weighted by molar-refractivity contribution is 0.211. The van der Waals surface area contributed by atoms with E-state index in [1.807, 2.05) is 18.2 Å². The Kier molecular flexibility index (Phi) is 9.67. The maximum absolute atomic E-state index is 5.54. The molecule has 1 aliphatic rings. The number of nitrogens with one attached hydrogen (secondary N) is 1. The molecule has 5 aromatic rings. The molecule has 5 nitrogen and oxygen atoms in total. The summed E-state index contributed by atoms with van der Waals surface area (Å²) in [5, 5.41) is 17.7. The number of nitrogens with zero attached hydrogens (tertiary/aromatic N) is 3. The summed E-state index contributed by atoms with van der Waals surface area (Å²) in [6.45, 7) is 3.09. The van der Waals surface area contributed by atoms with E-state index in [2.05, 4.69) is 103 Å². The average molecular weight is 626 g/mol. The van der Waals surface area contributed by atoms with Gasteiger partial charge in [0.1, 0.15) is 11.4 Å². The van der Waals surface area contributed by atoms with Crippen molar-refractivity contribution in [3.63, 3.8) is 0 Å². The number of anilines is 1. The highest BCUT2D eigenvalue weighted by Gasteiger charge is 2.21. The number of aromatic nitrogens is 2. The highest BCUT2D eigenvalue weighted by Crippen LogP contribution is 2.34. The molecule has 6 rings (SSSR count). The van der Waals surface area contributed by atoms with E-state index in [9.17, 15) is 0 Å². The van der Waals surface area contributed by atoms with Gasteiger partial charge in [-0.15, -0.1) is 35.0 Å². The largest absolute Gasteiger partial charge is 0.497 e. The van der Waals surface area contributed by atoms with Gasteiger partial charge in [0.05, 0.1) is 7.11 Å². The predicted octanol–water partition coefficient (Wildman–Crippen LogP) is 8.14. The van der Waals surface area contributed by atoms with E-state index in [1.54, 1.807) is 7.11 Å². The first kappa shape index (κ1) is 29.1. The first-order chi connectivity index (χ1) is 18.2. The van der Waals surface area contributed by atoms with Crippen molar-refractivity contribution in [3.05, 3.63) is 95.0 Å². The Labute approximate surface area is 249 Å². The van der Waals surface area contributed by atoms with Gasteiger partial charge in [0, 0.05) is 46.5 Å². The molecule has 2 heterocycles. The van der Waals surface area contributed by atoms with Crippen molar-refractivity contribution in [3.8, 4) is 17.0 Å². The Morgan fingerprint density at radius 1 is 0.846 bits per heavy atom. The molecule has 1 aliphatic heterocycles. The highest BCUT2D eigenvalue weighted by atomic mass is 79.9. The fourth-order valence-electron chi connectivity index (χ4n) is 5.21. The van der Waals surface area contributed by atoms with Crippen molar-refractivity contribution < 1.29 is 4.74 Å². The Bertz CT molecular complexity index is 1560. The minimum absolute atomic E-state index is 0. The number of methoxy groups -OCH3 is 1. The van der Waals surface area contributed by atoms with E-state index < -0.39 is 0 Å². The molecule has 1 aromatic heterocycles. The molecule has 0 atom stereocenters. The molecule has 0 aliphatic carbocycles. The summed E-state index contributed by atoms with van der Waals surface area (Å²) in [7, 11) is 1.70. The van der Waals surface area contributed by atoms with Crippen LogP contribution in [0, 0.1) is 0 Å². The monoisotopic (exact) mass is 624 g/mol. The molecule has 0 spiro atoms. The highest BCUT2D eigenvalue weighted by molar-refractivity contribution is 9.10. The number of ether oxygens (including phenoxy) is 1. The van der Waals surface area contributed by atoms with Crippen LogP contribution < -0.4 is 10.1 Å². The number of piperidine rings is 1. The third-order valence-electron chi connectivity index (χ3n) is 7.25. The maximum atomic E-state index is 5.54. The number of hydrogen-bond donors (Lipinski definition) is 1. The topological polar surface area (TPSA) is 50.3 Å². The molecular formula is C31H31BrCl2N4O. The van der Waals surface area contributed by atoms with Gasteiger partial charge in [-0.05, 0) is 65.6 Å². The number of hydrogen-bond acceptors (Lipinski definition) is 5. The SMILES string of the molecule is COc1ccc2c(-c3ccc(Br)cc3)nnc(NC3CCN(Cc4ccc5ccccc5c4)CC3)c2c1.Cl.Cl. The molecular weight excluding hydrogens is 595 g/mol. The van der Waals surface area contributed by atoms with Gasteiger partial charge in [-0.2, -0.15) is 0 Å². The first-order valence-electron chi connectivity index (χ1n) is 12.7. The van der Waals surface area contributed by atoms with Gasteiger partial charge in [0.2, 0.25) is 0 Å². The van der Waals surface area contributed by atoms with Crippen LogP contribution in [0.3, 0.4) is 0 Å². The van der Waals surface area contributed by atoms with Crippen molar-refractivity contribution in [2.75, 3.05) is 25.5 Å². The van der Waals surface area contributed by atoms with E-state index >= 15 is 0 Å². The van der Waals surface area contributed by atoms with Crippen LogP contribution in [0.25, 0.3) is 32.8 Å². The van der Waals surface area contributed by atoms with Crippen LogP contribution in [0.2, 0.25) is 0 Å². The lowest BCUT2D eigenvalue weighted by Crippen LogP contribution is -2.38. The quantitative estimate of drug-likeness (QED) is 0.206. The summed E-state index contributed by atoms with van der Waals surface area (Å²) < 4.78 is 6.58. The standard InChI is InChI=1S/C31H29BrN4O.2ClH/c1-37-27-12-13-28-29(19-27)31(35-34-30(28)23-8-10-25(32)11-9-23)33-26-14-16-36(17-15-26)20-21-6-7-22-4-2-3-5-24(22)18-21;;/h2-13,18-19,26H,14-17,20H2,1H3,(H,33,35);2*1H. The molecule has 1 N–H and O–H groups in total. The maximum Gasteiger partial charge on any atom is 0.156 e. The Balaban J connectivity index is 0.00000176. The van der Waals surface area contributed by atoms with Gasteiger partial charge >= 0.3 is 0 Å². The van der Waals surface area contributed by atoms with Gasteiger partial charge in [0.25, 0.3) is 0 Å². The van der Waals surface area contributed by atoms with Crippen molar-refractivity contribution >= 4 is 68.1 Å². The smallest absolute Gasteiger partial charge is 0.156 e. The van der Waals surface area contributed by atoms with Crippen molar-refractivity contribution in [1.29, 1.82) is 0 Å². The van der Waals surface area contributed by atoms with Crippen LogP contribution in [0.15, 0.2) is 89.4 Å². The Morgan fingerprint density at radius 2 is 1.59 bits per heavy atom. The van der Waals surface area contributed by atoms with E-state index in [4.69, 9.17) is 4.74 Å². The Hall–Kier alpha value is -2.90. The first-order valence-corrected chi connectivity index (χ1v) is 13.5. The molecule has 0 unspecified atom stereocenters. The minimum atomic E-state index is 0. The fourth-order valence-corrected chi connectivity index (χ4v) is 5.48. The molecule has 1 fully saturated rings. The molecule has 0 amide bonds. The predicted molar refractivity (Wildman–Crippen MR) is 170 cm³/mol. The summed E-state index contributed by atoms with van der Waals surface area (Å²) in [6.07, 6.45) is 2.13. The van der Waals surface area contributed by atoms with Crippen LogP contribution in [0.4, 0.5) is 5.82 Å². The van der Waals surface area contributed by atoms with Gasteiger partial charge < -0.3 is 10.1 Å². The lowest BCUT2D eigenvalue weighted by Gasteiger charge is -2.32. The summed E-state index contributed by atoms with van der Waals surface area (Å²) >= 11 is 3.52. The second kappa shape index (κ2) is 13.0. The fraction of sp³-hybridized carbons (Fsp3) is 0.226. The number of rotatable bonds is 6. The Morgan fingerprint density at radius 3 is 2.33 bits per heavy atom. The van der Waals surface area contributed by atoms with E-state index in [0.29, 0.717) is 6.04 Å². The van der Waals surface area contributed by atoms with Gasteiger partial charge in [0.15, 0.2) is 5.82 Å². The molecule has 202 valence electrons. The second-order valence-corrected chi connectivity index (χ2v) is 10.6. The molecule has 0 bridgehead atoms. The average Bonchev–Trinajstić information content (AvgIpc) is 2.94.